The summed E-state index contributed by atoms with van der Waals surface area (Å²) in [7, 11) is -0.614. The first-order chi connectivity index (χ1) is 7.69. The zero-order valence-electron chi connectivity index (χ0n) is 10.8. The molecule has 1 aliphatic rings. The van der Waals surface area contributed by atoms with Gasteiger partial charge < -0.3 is 14.7 Å². The fraction of sp³-hybridized carbons (Fsp3) is 0.583. The second-order valence-electron chi connectivity index (χ2n) is 5.16. The molecule has 0 aromatic heterocycles. The van der Waals surface area contributed by atoms with Crippen LogP contribution in [0.2, 0.25) is 0 Å². The largest absolute Gasteiger partial charge is 0.496 e. The molecule has 1 rings (SSSR count). The number of halogens is 1. The lowest BCUT2D eigenvalue weighted by molar-refractivity contribution is 0.00578. The summed E-state index contributed by atoms with van der Waals surface area (Å²) in [5, 5.41) is 7.32. The van der Waals surface area contributed by atoms with Gasteiger partial charge in [-0.1, -0.05) is 12.7 Å². The smallest absolute Gasteiger partial charge is 0.399 e. The lowest BCUT2D eigenvalue weighted by Gasteiger charge is -2.32. The highest BCUT2D eigenvalue weighted by atomic mass is 19.1. The Morgan fingerprint density at radius 3 is 2.12 bits per heavy atom. The van der Waals surface area contributed by atoms with Crippen LogP contribution in [0.15, 0.2) is 24.0 Å². The van der Waals surface area contributed by atoms with Crippen molar-refractivity contribution in [3.05, 3.63) is 24.0 Å². The molecule has 0 unspecified atom stereocenters. The molecule has 1 fully saturated rings. The molecule has 0 aromatic rings. The molecule has 0 spiro atoms. The van der Waals surface area contributed by atoms with E-state index in [-0.39, 0.29) is 6.42 Å². The van der Waals surface area contributed by atoms with E-state index in [1.165, 1.54) is 0 Å². The Balaban J connectivity index is 2.85. The molecule has 0 bridgehead atoms. The van der Waals surface area contributed by atoms with Crippen molar-refractivity contribution < 1.29 is 13.7 Å². The van der Waals surface area contributed by atoms with E-state index in [9.17, 15) is 4.39 Å². The zero-order valence-corrected chi connectivity index (χ0v) is 10.8. The van der Waals surface area contributed by atoms with Crippen LogP contribution in [0.3, 0.4) is 0 Å². The highest BCUT2D eigenvalue weighted by Crippen LogP contribution is 2.38. The van der Waals surface area contributed by atoms with E-state index in [2.05, 4.69) is 6.58 Å². The lowest BCUT2D eigenvalue weighted by Crippen LogP contribution is -2.41. The summed E-state index contributed by atoms with van der Waals surface area (Å²) >= 11 is 0. The van der Waals surface area contributed by atoms with Crippen LogP contribution in [0, 0.1) is 5.41 Å². The summed E-state index contributed by atoms with van der Waals surface area (Å²) < 4.78 is 24.1. The van der Waals surface area contributed by atoms with Gasteiger partial charge in [-0.15, -0.1) is 0 Å². The number of hydrogen-bond acceptors (Lipinski definition) is 3. The fourth-order valence-electron chi connectivity index (χ4n) is 1.43. The molecule has 1 saturated heterocycles. The van der Waals surface area contributed by atoms with Gasteiger partial charge in [0, 0.05) is 12.6 Å². The number of rotatable bonds is 4. The van der Waals surface area contributed by atoms with Gasteiger partial charge in [-0.3, -0.25) is 0 Å². The minimum atomic E-state index is -0.614. The molecule has 0 aromatic carbocycles. The molecule has 17 heavy (non-hydrogen) atoms. The molecule has 1 heterocycles. The van der Waals surface area contributed by atoms with Gasteiger partial charge in [0.15, 0.2) is 0 Å². The maximum Gasteiger partial charge on any atom is 0.496 e. The van der Waals surface area contributed by atoms with E-state index in [0.29, 0.717) is 5.47 Å². The number of hydrogen-bond donors (Lipinski definition) is 1. The molecule has 0 amide bonds. The van der Waals surface area contributed by atoms with E-state index in [4.69, 9.17) is 14.7 Å². The molecular formula is C12H19BFNO2. The first-order valence-electron chi connectivity index (χ1n) is 5.59. The lowest BCUT2D eigenvalue weighted by atomic mass is 9.78. The number of nitrogens with one attached hydrogen (secondary N) is 1. The topological polar surface area (TPSA) is 42.3 Å². The van der Waals surface area contributed by atoms with Gasteiger partial charge in [-0.2, -0.15) is 0 Å². The van der Waals surface area contributed by atoms with E-state index < -0.39 is 24.1 Å². The Hall–Kier alpha value is -0.935. The first kappa shape index (κ1) is 14.1. The van der Waals surface area contributed by atoms with Crippen LogP contribution in [0.1, 0.15) is 34.1 Å². The highest BCUT2D eigenvalue weighted by Gasteiger charge is 2.52. The quantitative estimate of drug-likeness (QED) is 0.605. The summed E-state index contributed by atoms with van der Waals surface area (Å²) in [5.74, 6) is -0.444. The number of allylic oxidation sites excluding steroid dienone is 3. The van der Waals surface area contributed by atoms with Gasteiger partial charge in [0.2, 0.25) is 0 Å². The molecular weight excluding hydrogens is 220 g/mol. The fourth-order valence-corrected chi connectivity index (χ4v) is 1.43. The van der Waals surface area contributed by atoms with Crippen molar-refractivity contribution in [2.24, 2.45) is 0 Å². The SMILES string of the molecule is C=C(F)C/C=C(\C=N)B1OC(C)(C)C(C)(C)O1. The van der Waals surface area contributed by atoms with Gasteiger partial charge in [0.1, 0.15) is 0 Å². The Kier molecular flexibility index (Phi) is 3.94. The highest BCUT2D eigenvalue weighted by molar-refractivity contribution is 6.60. The molecule has 94 valence electrons. The molecule has 0 radical (unpaired) electrons. The van der Waals surface area contributed by atoms with Crippen molar-refractivity contribution in [3.63, 3.8) is 0 Å². The minimum Gasteiger partial charge on any atom is -0.399 e. The summed E-state index contributed by atoms with van der Waals surface area (Å²) in [4.78, 5) is 0. The van der Waals surface area contributed by atoms with Crippen LogP contribution in [0.25, 0.3) is 0 Å². The third-order valence-corrected chi connectivity index (χ3v) is 3.25. The van der Waals surface area contributed by atoms with Crippen LogP contribution in [0.5, 0.6) is 0 Å². The summed E-state index contributed by atoms with van der Waals surface area (Å²) in [6.07, 6.45) is 2.78. The molecule has 1 N–H and O–H groups in total. The van der Waals surface area contributed by atoms with Gasteiger partial charge in [-0.05, 0) is 33.2 Å². The maximum atomic E-state index is 12.6. The second kappa shape index (κ2) is 4.74. The molecule has 1 aliphatic heterocycles. The minimum absolute atomic E-state index is 0.0782. The summed E-state index contributed by atoms with van der Waals surface area (Å²) in [6.45, 7) is 10.9. The van der Waals surface area contributed by atoms with Crippen molar-refractivity contribution in [2.45, 2.75) is 45.3 Å². The predicted molar refractivity (Wildman–Crippen MR) is 67.8 cm³/mol. The van der Waals surface area contributed by atoms with E-state index in [1.807, 2.05) is 27.7 Å². The first-order valence-corrected chi connectivity index (χ1v) is 5.59. The summed E-state index contributed by atoms with van der Waals surface area (Å²) in [5.41, 5.74) is -0.388. The average Bonchev–Trinajstić information content (AvgIpc) is 2.36. The van der Waals surface area contributed by atoms with E-state index in [0.717, 1.165) is 6.21 Å². The van der Waals surface area contributed by atoms with E-state index in [1.54, 1.807) is 6.08 Å². The van der Waals surface area contributed by atoms with Gasteiger partial charge in [0.25, 0.3) is 0 Å². The van der Waals surface area contributed by atoms with Crippen molar-refractivity contribution >= 4 is 13.3 Å². The third-order valence-electron chi connectivity index (χ3n) is 3.25. The predicted octanol–water partition coefficient (Wildman–Crippen LogP) is 3.07. The Morgan fingerprint density at radius 2 is 1.76 bits per heavy atom. The maximum absolute atomic E-state index is 12.6. The average molecular weight is 239 g/mol. The normalized spacial score (nSPS) is 22.6. The van der Waals surface area contributed by atoms with Gasteiger partial charge >= 0.3 is 7.12 Å². The molecule has 0 atom stereocenters. The standard InChI is InChI=1S/C12H19BFNO2/c1-9(14)6-7-10(8-15)13-16-11(2,3)12(4,5)17-13/h7-8,15H,1,6H2,2-5H3/b10-7+,15-8?. The Bertz CT molecular complexity index is 348. The van der Waals surface area contributed by atoms with Crippen LogP contribution in [0.4, 0.5) is 4.39 Å². The molecule has 0 saturated carbocycles. The Labute approximate surface area is 102 Å². The van der Waals surface area contributed by atoms with Crippen LogP contribution >= 0.6 is 0 Å². The zero-order chi connectivity index (χ0) is 13.3. The van der Waals surface area contributed by atoms with E-state index >= 15 is 0 Å². The van der Waals surface area contributed by atoms with Crippen molar-refractivity contribution in [2.75, 3.05) is 0 Å². The van der Waals surface area contributed by atoms with Crippen LogP contribution in [-0.4, -0.2) is 24.5 Å². The van der Waals surface area contributed by atoms with Crippen LogP contribution < -0.4 is 0 Å². The molecule has 0 aliphatic carbocycles. The van der Waals surface area contributed by atoms with Crippen molar-refractivity contribution in [3.8, 4) is 0 Å². The van der Waals surface area contributed by atoms with Gasteiger partial charge in [0.05, 0.1) is 17.0 Å². The Morgan fingerprint density at radius 1 is 1.29 bits per heavy atom. The third kappa shape index (κ3) is 3.04. The molecule has 3 nitrogen and oxygen atoms in total. The second-order valence-corrected chi connectivity index (χ2v) is 5.16. The van der Waals surface area contributed by atoms with Crippen molar-refractivity contribution in [1.82, 2.24) is 0 Å². The van der Waals surface area contributed by atoms with Gasteiger partial charge in [-0.25, -0.2) is 4.39 Å². The monoisotopic (exact) mass is 239 g/mol. The summed E-state index contributed by atoms with van der Waals surface area (Å²) in [6, 6.07) is 0. The molecule has 5 heteroatoms. The van der Waals surface area contributed by atoms with Crippen molar-refractivity contribution in [1.29, 1.82) is 5.41 Å². The van der Waals surface area contributed by atoms with Crippen LogP contribution in [-0.2, 0) is 9.31 Å².